The quantitative estimate of drug-likeness (QED) is 0.902. The number of ether oxygens (including phenoxy) is 1. The van der Waals surface area contributed by atoms with E-state index in [4.69, 9.17) is 22.1 Å². The van der Waals surface area contributed by atoms with E-state index in [-0.39, 0.29) is 11.6 Å². The lowest BCUT2D eigenvalue weighted by molar-refractivity contribution is -0.0780. The highest BCUT2D eigenvalue weighted by molar-refractivity contribution is 7.16. The summed E-state index contributed by atoms with van der Waals surface area (Å²) in [6.45, 7) is 4.66. The molecule has 1 heterocycles. The van der Waals surface area contributed by atoms with Crippen molar-refractivity contribution >= 4 is 22.9 Å². The molecule has 1 aromatic rings. The third-order valence-corrected chi connectivity index (χ3v) is 5.84. The lowest BCUT2D eigenvalue weighted by Crippen LogP contribution is -2.53. The van der Waals surface area contributed by atoms with Crippen molar-refractivity contribution in [1.82, 2.24) is 0 Å². The number of rotatable bonds is 4. The molecule has 1 aliphatic carbocycles. The second kappa shape index (κ2) is 5.72. The fourth-order valence-corrected chi connectivity index (χ4v) is 4.09. The van der Waals surface area contributed by atoms with E-state index in [1.165, 1.54) is 17.7 Å². The van der Waals surface area contributed by atoms with Crippen molar-refractivity contribution < 1.29 is 4.74 Å². The second-order valence-electron chi connectivity index (χ2n) is 6.45. The van der Waals surface area contributed by atoms with Gasteiger partial charge in [0.15, 0.2) is 0 Å². The van der Waals surface area contributed by atoms with Crippen LogP contribution in [0.5, 0.6) is 0 Å². The Labute approximate surface area is 125 Å². The molecule has 19 heavy (non-hydrogen) atoms. The summed E-state index contributed by atoms with van der Waals surface area (Å²) in [5.41, 5.74) is 6.73. The van der Waals surface area contributed by atoms with Gasteiger partial charge in [0.1, 0.15) is 0 Å². The van der Waals surface area contributed by atoms with Crippen molar-refractivity contribution in [3.8, 4) is 0 Å². The summed E-state index contributed by atoms with van der Waals surface area (Å²) in [7, 11) is 1.81. The van der Waals surface area contributed by atoms with Crippen LogP contribution in [-0.2, 0) is 11.2 Å². The van der Waals surface area contributed by atoms with Crippen molar-refractivity contribution in [2.24, 2.45) is 11.1 Å². The average Bonchev–Trinajstić information content (AvgIpc) is 2.75. The molecule has 1 fully saturated rings. The molecular formula is C15H24ClNOS. The lowest BCUT2D eigenvalue weighted by atomic mass is 9.68. The summed E-state index contributed by atoms with van der Waals surface area (Å²) in [4.78, 5) is 1.25. The highest BCUT2D eigenvalue weighted by Crippen LogP contribution is 2.43. The highest BCUT2D eigenvalue weighted by Gasteiger charge is 2.42. The SMILES string of the molecule is COC1(C(N)Cc2ccc(Cl)s2)CCC(C)(C)CC1. The molecule has 1 aromatic heterocycles. The predicted octanol–water partition coefficient (Wildman–Crippen LogP) is 4.26. The first kappa shape index (κ1) is 15.3. The fraction of sp³-hybridized carbons (Fsp3) is 0.733. The summed E-state index contributed by atoms with van der Waals surface area (Å²) in [5.74, 6) is 0. The molecule has 0 aliphatic heterocycles. The Morgan fingerprint density at radius 1 is 1.32 bits per heavy atom. The van der Waals surface area contributed by atoms with Gasteiger partial charge in [0.25, 0.3) is 0 Å². The maximum absolute atomic E-state index is 6.46. The minimum Gasteiger partial charge on any atom is -0.377 e. The van der Waals surface area contributed by atoms with Gasteiger partial charge in [0.2, 0.25) is 0 Å². The van der Waals surface area contributed by atoms with E-state index >= 15 is 0 Å². The van der Waals surface area contributed by atoms with Crippen LogP contribution in [0.15, 0.2) is 12.1 Å². The normalized spacial score (nSPS) is 23.2. The summed E-state index contributed by atoms with van der Waals surface area (Å²) in [5, 5.41) is 0. The van der Waals surface area contributed by atoms with Gasteiger partial charge < -0.3 is 10.5 Å². The first-order valence-electron chi connectivity index (χ1n) is 6.92. The van der Waals surface area contributed by atoms with Gasteiger partial charge in [-0.1, -0.05) is 25.4 Å². The fourth-order valence-electron chi connectivity index (χ4n) is 2.94. The van der Waals surface area contributed by atoms with Crippen molar-refractivity contribution in [1.29, 1.82) is 0 Å². The minimum absolute atomic E-state index is 0.0447. The molecule has 1 aliphatic rings. The maximum atomic E-state index is 6.46. The first-order chi connectivity index (χ1) is 8.87. The largest absolute Gasteiger partial charge is 0.377 e. The third kappa shape index (κ3) is 3.52. The molecule has 0 saturated heterocycles. The zero-order valence-corrected chi connectivity index (χ0v) is 13.6. The molecule has 0 bridgehead atoms. The molecular weight excluding hydrogens is 278 g/mol. The number of hydrogen-bond acceptors (Lipinski definition) is 3. The molecule has 4 heteroatoms. The molecule has 1 atom stereocenters. The molecule has 0 amide bonds. The van der Waals surface area contributed by atoms with Gasteiger partial charge in [-0.2, -0.15) is 0 Å². The van der Waals surface area contributed by atoms with Crippen LogP contribution in [-0.4, -0.2) is 18.8 Å². The van der Waals surface area contributed by atoms with Crippen LogP contribution in [0.4, 0.5) is 0 Å². The lowest BCUT2D eigenvalue weighted by Gasteiger charge is -2.45. The van der Waals surface area contributed by atoms with Crippen molar-refractivity contribution in [3.63, 3.8) is 0 Å². The summed E-state index contributed by atoms with van der Waals surface area (Å²) < 4.78 is 6.69. The van der Waals surface area contributed by atoms with E-state index in [2.05, 4.69) is 19.9 Å². The summed E-state index contributed by atoms with van der Waals surface area (Å²) in [6.07, 6.45) is 5.32. The van der Waals surface area contributed by atoms with Crippen LogP contribution >= 0.6 is 22.9 Å². The Morgan fingerprint density at radius 2 is 1.95 bits per heavy atom. The smallest absolute Gasteiger partial charge is 0.0931 e. The highest BCUT2D eigenvalue weighted by atomic mass is 35.5. The Kier molecular flexibility index (Phi) is 4.61. The van der Waals surface area contributed by atoms with Crippen molar-refractivity contribution in [2.45, 2.75) is 57.6 Å². The van der Waals surface area contributed by atoms with E-state index in [1.807, 2.05) is 6.07 Å². The van der Waals surface area contributed by atoms with Gasteiger partial charge >= 0.3 is 0 Å². The number of methoxy groups -OCH3 is 1. The molecule has 0 spiro atoms. The Balaban J connectivity index is 2.05. The molecule has 0 aromatic carbocycles. The van der Waals surface area contributed by atoms with Crippen LogP contribution in [0.25, 0.3) is 0 Å². The molecule has 1 saturated carbocycles. The van der Waals surface area contributed by atoms with Gasteiger partial charge in [-0.05, 0) is 49.7 Å². The third-order valence-electron chi connectivity index (χ3n) is 4.58. The Morgan fingerprint density at radius 3 is 2.42 bits per heavy atom. The molecule has 1 unspecified atom stereocenters. The Hall–Kier alpha value is -0.0900. The molecule has 2 N–H and O–H groups in total. The van der Waals surface area contributed by atoms with E-state index in [0.717, 1.165) is 23.6 Å². The zero-order valence-electron chi connectivity index (χ0n) is 12.0. The Bertz CT molecular complexity index is 420. The second-order valence-corrected chi connectivity index (χ2v) is 8.25. The van der Waals surface area contributed by atoms with Crippen molar-refractivity contribution in [2.75, 3.05) is 7.11 Å². The molecule has 2 nitrogen and oxygen atoms in total. The number of halogens is 1. The van der Waals surface area contributed by atoms with Crippen LogP contribution in [0.2, 0.25) is 4.34 Å². The predicted molar refractivity (Wildman–Crippen MR) is 83.0 cm³/mol. The minimum atomic E-state index is -0.161. The standard InChI is InChI=1S/C15H24ClNOS/c1-14(2)6-8-15(18-3,9-7-14)12(17)10-11-4-5-13(16)19-11/h4-5,12H,6-10,17H2,1-3H3. The van der Waals surface area contributed by atoms with Crippen molar-refractivity contribution in [3.05, 3.63) is 21.3 Å². The van der Waals surface area contributed by atoms with E-state index in [0.29, 0.717) is 5.41 Å². The van der Waals surface area contributed by atoms with Gasteiger partial charge in [-0.25, -0.2) is 0 Å². The van der Waals surface area contributed by atoms with Crippen LogP contribution in [0.3, 0.4) is 0 Å². The first-order valence-corrected chi connectivity index (χ1v) is 8.11. The summed E-state index contributed by atoms with van der Waals surface area (Å²) >= 11 is 7.60. The van der Waals surface area contributed by atoms with E-state index in [1.54, 1.807) is 18.4 Å². The maximum Gasteiger partial charge on any atom is 0.0931 e. The van der Waals surface area contributed by atoms with Crippen LogP contribution in [0, 0.1) is 5.41 Å². The number of hydrogen-bond donors (Lipinski definition) is 1. The zero-order chi connectivity index (χ0) is 14.1. The number of thiophene rings is 1. The van der Waals surface area contributed by atoms with E-state index in [9.17, 15) is 0 Å². The van der Waals surface area contributed by atoms with Gasteiger partial charge in [0.05, 0.1) is 9.94 Å². The van der Waals surface area contributed by atoms with Gasteiger partial charge in [-0.15, -0.1) is 11.3 Å². The average molecular weight is 302 g/mol. The van der Waals surface area contributed by atoms with E-state index < -0.39 is 0 Å². The topological polar surface area (TPSA) is 35.2 Å². The van der Waals surface area contributed by atoms with Crippen LogP contribution in [0.1, 0.15) is 44.4 Å². The number of nitrogens with two attached hydrogens (primary N) is 1. The van der Waals surface area contributed by atoms with Crippen LogP contribution < -0.4 is 5.73 Å². The molecule has 108 valence electrons. The van der Waals surface area contributed by atoms with Gasteiger partial charge in [0, 0.05) is 18.0 Å². The monoisotopic (exact) mass is 301 g/mol. The molecule has 0 radical (unpaired) electrons. The summed E-state index contributed by atoms with van der Waals surface area (Å²) in [6, 6.07) is 4.06. The molecule has 2 rings (SSSR count). The van der Waals surface area contributed by atoms with Gasteiger partial charge in [-0.3, -0.25) is 0 Å².